The summed E-state index contributed by atoms with van der Waals surface area (Å²) in [4.78, 5) is 24.8. The molecule has 0 bridgehead atoms. The molecular formula is C9H15NO3. The lowest BCUT2D eigenvalue weighted by molar-refractivity contribution is -0.156. The molecule has 13 heavy (non-hydrogen) atoms. The SMILES string of the molecule is CCOC(=O)C1(C)CN(C)CC1=O. The first-order valence-corrected chi connectivity index (χ1v) is 4.39. The molecule has 4 heteroatoms. The number of nitrogens with zero attached hydrogens (tertiary/aromatic N) is 1. The van der Waals surface area contributed by atoms with Gasteiger partial charge in [-0.15, -0.1) is 0 Å². The van der Waals surface area contributed by atoms with Crippen molar-refractivity contribution in [3.05, 3.63) is 0 Å². The Morgan fingerprint density at radius 2 is 2.31 bits per heavy atom. The molecule has 0 N–H and O–H groups in total. The molecule has 0 spiro atoms. The predicted octanol–water partition coefficient (Wildman–Crippen LogP) is 0.0703. The predicted molar refractivity (Wildman–Crippen MR) is 47.2 cm³/mol. The highest BCUT2D eigenvalue weighted by atomic mass is 16.5. The van der Waals surface area contributed by atoms with E-state index in [1.165, 1.54) is 0 Å². The second kappa shape index (κ2) is 3.46. The Labute approximate surface area is 77.8 Å². The molecule has 0 aromatic rings. The van der Waals surface area contributed by atoms with E-state index in [4.69, 9.17) is 4.74 Å². The van der Waals surface area contributed by atoms with E-state index in [2.05, 4.69) is 0 Å². The molecular weight excluding hydrogens is 170 g/mol. The minimum Gasteiger partial charge on any atom is -0.465 e. The van der Waals surface area contributed by atoms with Gasteiger partial charge in [0.1, 0.15) is 5.41 Å². The summed E-state index contributed by atoms with van der Waals surface area (Å²) in [5.74, 6) is -0.446. The van der Waals surface area contributed by atoms with Gasteiger partial charge < -0.3 is 4.74 Å². The van der Waals surface area contributed by atoms with Gasteiger partial charge in [-0.3, -0.25) is 14.5 Å². The highest BCUT2D eigenvalue weighted by Crippen LogP contribution is 2.27. The maximum Gasteiger partial charge on any atom is 0.320 e. The number of Topliss-reactive ketones (excluding diaryl/α,β-unsaturated/α-hetero) is 1. The lowest BCUT2D eigenvalue weighted by Crippen LogP contribution is -2.37. The Morgan fingerprint density at radius 1 is 1.69 bits per heavy atom. The summed E-state index contributed by atoms with van der Waals surface area (Å²) < 4.78 is 4.86. The summed E-state index contributed by atoms with van der Waals surface area (Å²) in [6.45, 7) is 4.52. The smallest absolute Gasteiger partial charge is 0.320 e. The van der Waals surface area contributed by atoms with Crippen molar-refractivity contribution in [1.29, 1.82) is 0 Å². The Hall–Kier alpha value is -0.900. The standard InChI is InChI=1S/C9H15NO3/c1-4-13-8(12)9(2)6-10(3)5-7(9)11/h4-6H2,1-3H3. The van der Waals surface area contributed by atoms with Gasteiger partial charge in [0.25, 0.3) is 0 Å². The highest BCUT2D eigenvalue weighted by Gasteiger charge is 2.47. The largest absolute Gasteiger partial charge is 0.465 e. The van der Waals surface area contributed by atoms with Crippen molar-refractivity contribution in [2.75, 3.05) is 26.7 Å². The van der Waals surface area contributed by atoms with Crippen molar-refractivity contribution in [1.82, 2.24) is 4.90 Å². The summed E-state index contributed by atoms with van der Waals surface area (Å²) in [5, 5.41) is 0. The normalized spacial score (nSPS) is 29.3. The van der Waals surface area contributed by atoms with E-state index < -0.39 is 11.4 Å². The third-order valence-corrected chi connectivity index (χ3v) is 2.34. The zero-order valence-corrected chi connectivity index (χ0v) is 8.29. The number of hydrogen-bond acceptors (Lipinski definition) is 4. The molecule has 1 unspecified atom stereocenters. The van der Waals surface area contributed by atoms with Gasteiger partial charge in [0, 0.05) is 6.54 Å². The van der Waals surface area contributed by atoms with Crippen LogP contribution in [0.25, 0.3) is 0 Å². The molecule has 1 saturated heterocycles. The fraction of sp³-hybridized carbons (Fsp3) is 0.778. The molecule has 1 aliphatic heterocycles. The van der Waals surface area contributed by atoms with Crippen molar-refractivity contribution in [3.63, 3.8) is 0 Å². The molecule has 0 aromatic heterocycles. The lowest BCUT2D eigenvalue weighted by Gasteiger charge is -2.19. The van der Waals surface area contributed by atoms with Gasteiger partial charge in [-0.1, -0.05) is 0 Å². The quantitative estimate of drug-likeness (QED) is 0.451. The average Bonchev–Trinajstić information content (AvgIpc) is 2.28. The number of carbonyl (C=O) groups is 2. The third-order valence-electron chi connectivity index (χ3n) is 2.34. The monoisotopic (exact) mass is 185 g/mol. The Bertz CT molecular complexity index is 239. The van der Waals surface area contributed by atoms with Crippen LogP contribution >= 0.6 is 0 Å². The molecule has 1 atom stereocenters. The fourth-order valence-electron chi connectivity index (χ4n) is 1.57. The van der Waals surface area contributed by atoms with E-state index in [-0.39, 0.29) is 5.78 Å². The second-order valence-electron chi connectivity index (χ2n) is 3.65. The van der Waals surface area contributed by atoms with Crippen LogP contribution in [-0.2, 0) is 14.3 Å². The minimum absolute atomic E-state index is 0.0477. The van der Waals surface area contributed by atoms with Crippen molar-refractivity contribution in [2.45, 2.75) is 13.8 Å². The Morgan fingerprint density at radius 3 is 2.69 bits per heavy atom. The van der Waals surface area contributed by atoms with E-state index in [9.17, 15) is 9.59 Å². The second-order valence-corrected chi connectivity index (χ2v) is 3.65. The van der Waals surface area contributed by atoms with Gasteiger partial charge >= 0.3 is 5.97 Å². The Balaban J connectivity index is 2.75. The molecule has 1 aliphatic rings. The summed E-state index contributed by atoms with van der Waals surface area (Å²) in [5.41, 5.74) is -0.940. The van der Waals surface area contributed by atoms with Crippen LogP contribution in [0, 0.1) is 5.41 Å². The molecule has 1 fully saturated rings. The lowest BCUT2D eigenvalue weighted by atomic mass is 9.89. The van der Waals surface area contributed by atoms with E-state index in [0.29, 0.717) is 19.7 Å². The van der Waals surface area contributed by atoms with E-state index in [1.807, 2.05) is 11.9 Å². The summed E-state index contributed by atoms with van der Waals surface area (Å²) >= 11 is 0. The van der Waals surface area contributed by atoms with E-state index >= 15 is 0 Å². The maximum absolute atomic E-state index is 11.5. The average molecular weight is 185 g/mol. The van der Waals surface area contributed by atoms with Crippen LogP contribution in [0.2, 0.25) is 0 Å². The zero-order chi connectivity index (χ0) is 10.1. The zero-order valence-electron chi connectivity index (χ0n) is 8.29. The highest BCUT2D eigenvalue weighted by molar-refractivity contribution is 6.06. The molecule has 74 valence electrons. The van der Waals surface area contributed by atoms with Gasteiger partial charge in [-0.05, 0) is 20.9 Å². The van der Waals surface area contributed by atoms with Crippen LogP contribution < -0.4 is 0 Å². The number of rotatable bonds is 2. The van der Waals surface area contributed by atoms with E-state index in [1.54, 1.807) is 13.8 Å². The summed E-state index contributed by atoms with van der Waals surface area (Å²) in [6, 6.07) is 0. The third kappa shape index (κ3) is 1.72. The van der Waals surface area contributed by atoms with Crippen molar-refractivity contribution < 1.29 is 14.3 Å². The van der Waals surface area contributed by atoms with Gasteiger partial charge in [-0.25, -0.2) is 0 Å². The number of hydrogen-bond donors (Lipinski definition) is 0. The van der Waals surface area contributed by atoms with Crippen molar-refractivity contribution in [3.8, 4) is 0 Å². The summed E-state index contributed by atoms with van der Waals surface area (Å²) in [6.07, 6.45) is 0. The molecule has 0 radical (unpaired) electrons. The number of ether oxygens (including phenoxy) is 1. The summed E-state index contributed by atoms with van der Waals surface area (Å²) in [7, 11) is 1.82. The molecule has 4 nitrogen and oxygen atoms in total. The van der Waals surface area contributed by atoms with Gasteiger partial charge in [0.15, 0.2) is 5.78 Å². The van der Waals surface area contributed by atoms with Crippen molar-refractivity contribution >= 4 is 11.8 Å². The molecule has 0 aliphatic carbocycles. The number of carbonyl (C=O) groups excluding carboxylic acids is 2. The first kappa shape index (κ1) is 10.2. The number of esters is 1. The molecule has 0 aromatic carbocycles. The Kier molecular flexibility index (Phi) is 2.71. The van der Waals surface area contributed by atoms with Crippen LogP contribution in [-0.4, -0.2) is 43.4 Å². The van der Waals surface area contributed by atoms with E-state index in [0.717, 1.165) is 0 Å². The van der Waals surface area contributed by atoms with Crippen LogP contribution in [0.15, 0.2) is 0 Å². The topological polar surface area (TPSA) is 46.6 Å². The maximum atomic E-state index is 11.5. The van der Waals surface area contributed by atoms with Crippen LogP contribution in [0.1, 0.15) is 13.8 Å². The number of ketones is 1. The first-order chi connectivity index (χ1) is 6.00. The first-order valence-electron chi connectivity index (χ1n) is 4.39. The van der Waals surface area contributed by atoms with Gasteiger partial charge in [0.2, 0.25) is 0 Å². The van der Waals surface area contributed by atoms with Gasteiger partial charge in [-0.2, -0.15) is 0 Å². The molecule has 0 amide bonds. The van der Waals surface area contributed by atoms with Crippen LogP contribution in [0.4, 0.5) is 0 Å². The van der Waals surface area contributed by atoms with Gasteiger partial charge in [0.05, 0.1) is 13.2 Å². The van der Waals surface area contributed by atoms with Crippen molar-refractivity contribution in [2.24, 2.45) is 5.41 Å². The fourth-order valence-corrected chi connectivity index (χ4v) is 1.57. The molecule has 1 rings (SSSR count). The number of likely N-dealkylation sites (N-methyl/N-ethyl adjacent to an activating group) is 1. The number of likely N-dealkylation sites (tertiary alicyclic amines) is 1. The molecule has 1 heterocycles. The molecule has 0 saturated carbocycles. The minimum atomic E-state index is -0.940. The van der Waals surface area contributed by atoms with Crippen LogP contribution in [0.5, 0.6) is 0 Å². The van der Waals surface area contributed by atoms with Crippen LogP contribution in [0.3, 0.4) is 0 Å².